The Morgan fingerprint density at radius 2 is 2.25 bits per heavy atom. The summed E-state index contributed by atoms with van der Waals surface area (Å²) in [6, 6.07) is 6.15. The second-order valence-electron chi connectivity index (χ2n) is 5.13. The van der Waals surface area contributed by atoms with Crippen molar-refractivity contribution in [3.05, 3.63) is 23.8 Å². The molecule has 2 unspecified atom stereocenters. The fourth-order valence-electron chi connectivity index (χ4n) is 2.57. The highest BCUT2D eigenvalue weighted by atomic mass is 16.7. The van der Waals surface area contributed by atoms with Gasteiger partial charge < -0.3 is 24.3 Å². The van der Waals surface area contributed by atoms with Crippen molar-refractivity contribution < 1.29 is 18.9 Å². The molecule has 0 saturated carbocycles. The Balaban J connectivity index is 1.55. The molecule has 0 amide bonds. The molecule has 0 radical (unpaired) electrons. The molecule has 1 fully saturated rings. The van der Waals surface area contributed by atoms with Gasteiger partial charge in [0, 0.05) is 6.61 Å². The molecule has 1 aromatic rings. The van der Waals surface area contributed by atoms with Crippen molar-refractivity contribution in [1.29, 1.82) is 0 Å². The zero-order valence-electron chi connectivity index (χ0n) is 11.8. The van der Waals surface area contributed by atoms with Gasteiger partial charge in [0.15, 0.2) is 11.5 Å². The average Bonchev–Trinajstić information content (AvgIpc) is 3.13. The summed E-state index contributed by atoms with van der Waals surface area (Å²) in [5.74, 6) is 1.62. The number of ether oxygens (including phenoxy) is 4. The molecule has 0 aliphatic carbocycles. The molecule has 0 bridgehead atoms. The molecule has 3 rings (SSSR count). The van der Waals surface area contributed by atoms with Crippen LogP contribution in [0.5, 0.6) is 11.5 Å². The van der Waals surface area contributed by atoms with Gasteiger partial charge in [-0.15, -0.1) is 0 Å². The molecule has 5 heteroatoms. The van der Waals surface area contributed by atoms with Crippen LogP contribution in [0.4, 0.5) is 0 Å². The van der Waals surface area contributed by atoms with Crippen LogP contribution in [-0.4, -0.2) is 39.8 Å². The summed E-state index contributed by atoms with van der Waals surface area (Å²) in [7, 11) is 1.94. The molecule has 1 saturated heterocycles. The minimum absolute atomic E-state index is 0.144. The number of fused-ring (bicyclic) bond motifs is 1. The van der Waals surface area contributed by atoms with Gasteiger partial charge in [0.2, 0.25) is 6.79 Å². The van der Waals surface area contributed by atoms with E-state index in [2.05, 4.69) is 5.32 Å². The van der Waals surface area contributed by atoms with Gasteiger partial charge in [0.1, 0.15) is 0 Å². The van der Waals surface area contributed by atoms with Crippen LogP contribution in [0.3, 0.4) is 0 Å². The van der Waals surface area contributed by atoms with Crippen molar-refractivity contribution in [2.45, 2.75) is 25.0 Å². The van der Waals surface area contributed by atoms with Crippen LogP contribution in [0.2, 0.25) is 0 Å². The fourth-order valence-corrected chi connectivity index (χ4v) is 2.57. The molecule has 2 aliphatic rings. The Morgan fingerprint density at radius 1 is 1.35 bits per heavy atom. The number of benzene rings is 1. The van der Waals surface area contributed by atoms with Crippen LogP contribution in [0.1, 0.15) is 24.4 Å². The summed E-state index contributed by atoms with van der Waals surface area (Å²) >= 11 is 0. The molecule has 20 heavy (non-hydrogen) atoms. The van der Waals surface area contributed by atoms with Crippen molar-refractivity contribution in [1.82, 2.24) is 5.32 Å². The van der Waals surface area contributed by atoms with Crippen LogP contribution >= 0.6 is 0 Å². The molecule has 1 N–H and O–H groups in total. The fraction of sp³-hybridized carbons (Fsp3) is 0.600. The summed E-state index contributed by atoms with van der Waals surface area (Å²) in [6.45, 7) is 2.46. The Kier molecular flexibility index (Phi) is 4.40. The lowest BCUT2D eigenvalue weighted by molar-refractivity contribution is 0.0105. The van der Waals surface area contributed by atoms with Crippen molar-refractivity contribution in [3.63, 3.8) is 0 Å². The van der Waals surface area contributed by atoms with E-state index in [9.17, 15) is 0 Å². The molecule has 2 aliphatic heterocycles. The molecule has 110 valence electrons. The van der Waals surface area contributed by atoms with E-state index in [4.69, 9.17) is 18.9 Å². The van der Waals surface area contributed by atoms with Gasteiger partial charge in [-0.25, -0.2) is 0 Å². The Hall–Kier alpha value is -1.30. The van der Waals surface area contributed by atoms with Crippen molar-refractivity contribution in [2.24, 2.45) is 0 Å². The van der Waals surface area contributed by atoms with Crippen LogP contribution < -0.4 is 14.8 Å². The van der Waals surface area contributed by atoms with E-state index in [1.807, 2.05) is 25.2 Å². The topological polar surface area (TPSA) is 49.0 Å². The van der Waals surface area contributed by atoms with Gasteiger partial charge in [-0.1, -0.05) is 6.07 Å². The van der Waals surface area contributed by atoms with Gasteiger partial charge in [-0.3, -0.25) is 0 Å². The van der Waals surface area contributed by atoms with Gasteiger partial charge in [0.05, 0.1) is 25.4 Å². The molecule has 0 spiro atoms. The standard InChI is InChI=1S/C15H21NO4/c1-16-13(9-17-8-12-3-2-6-18-12)11-4-5-14-15(7-11)20-10-19-14/h4-5,7,12-13,16H,2-3,6,8-10H2,1H3. The first kappa shape index (κ1) is 13.7. The first-order valence-electron chi connectivity index (χ1n) is 7.13. The second kappa shape index (κ2) is 6.43. The zero-order chi connectivity index (χ0) is 13.8. The highest BCUT2D eigenvalue weighted by molar-refractivity contribution is 5.45. The maximum absolute atomic E-state index is 5.78. The molecule has 1 aromatic carbocycles. The first-order valence-corrected chi connectivity index (χ1v) is 7.13. The Morgan fingerprint density at radius 3 is 3.05 bits per heavy atom. The highest BCUT2D eigenvalue weighted by Crippen LogP contribution is 2.34. The third kappa shape index (κ3) is 3.06. The smallest absolute Gasteiger partial charge is 0.231 e. The molecule has 0 aromatic heterocycles. The van der Waals surface area contributed by atoms with Crippen molar-refractivity contribution in [2.75, 3.05) is 33.7 Å². The van der Waals surface area contributed by atoms with E-state index < -0.39 is 0 Å². The number of rotatable bonds is 6. The summed E-state index contributed by atoms with van der Waals surface area (Å²) in [5, 5.41) is 3.27. The third-order valence-corrected chi connectivity index (χ3v) is 3.76. The summed E-state index contributed by atoms with van der Waals surface area (Å²) in [5.41, 5.74) is 1.14. The zero-order valence-corrected chi connectivity index (χ0v) is 11.8. The number of likely N-dealkylation sites (N-methyl/N-ethyl adjacent to an activating group) is 1. The van der Waals surface area contributed by atoms with E-state index in [1.165, 1.54) is 0 Å². The third-order valence-electron chi connectivity index (χ3n) is 3.76. The monoisotopic (exact) mass is 279 g/mol. The summed E-state index contributed by atoms with van der Waals surface area (Å²) < 4.78 is 22.1. The van der Waals surface area contributed by atoms with Gasteiger partial charge in [0.25, 0.3) is 0 Å². The normalized spacial score (nSPS) is 22.1. The maximum Gasteiger partial charge on any atom is 0.231 e. The molecule has 5 nitrogen and oxygen atoms in total. The molecule has 2 heterocycles. The minimum atomic E-state index is 0.144. The van der Waals surface area contributed by atoms with Gasteiger partial charge in [-0.2, -0.15) is 0 Å². The van der Waals surface area contributed by atoms with E-state index >= 15 is 0 Å². The van der Waals surface area contributed by atoms with Crippen LogP contribution in [0, 0.1) is 0 Å². The lowest BCUT2D eigenvalue weighted by atomic mass is 10.1. The summed E-state index contributed by atoms with van der Waals surface area (Å²) in [4.78, 5) is 0. The van der Waals surface area contributed by atoms with Gasteiger partial charge in [-0.05, 0) is 37.6 Å². The minimum Gasteiger partial charge on any atom is -0.454 e. The molecular weight excluding hydrogens is 258 g/mol. The lowest BCUT2D eigenvalue weighted by Crippen LogP contribution is -2.24. The van der Waals surface area contributed by atoms with Crippen LogP contribution in [-0.2, 0) is 9.47 Å². The van der Waals surface area contributed by atoms with E-state index in [1.54, 1.807) is 0 Å². The average molecular weight is 279 g/mol. The predicted molar refractivity (Wildman–Crippen MR) is 74.2 cm³/mol. The predicted octanol–water partition coefficient (Wildman–Crippen LogP) is 1.87. The first-order chi connectivity index (χ1) is 9.86. The Bertz CT molecular complexity index is 445. The van der Waals surface area contributed by atoms with Crippen LogP contribution in [0.25, 0.3) is 0 Å². The van der Waals surface area contributed by atoms with Crippen molar-refractivity contribution in [3.8, 4) is 11.5 Å². The van der Waals surface area contributed by atoms with E-state index in [0.717, 1.165) is 36.5 Å². The lowest BCUT2D eigenvalue weighted by Gasteiger charge is -2.18. The second-order valence-corrected chi connectivity index (χ2v) is 5.13. The number of hydrogen-bond donors (Lipinski definition) is 1. The maximum atomic E-state index is 5.78. The SMILES string of the molecule is CNC(COCC1CCCO1)c1ccc2c(c1)OCO2. The number of hydrogen-bond acceptors (Lipinski definition) is 5. The highest BCUT2D eigenvalue weighted by Gasteiger charge is 2.19. The number of nitrogens with one attached hydrogen (secondary N) is 1. The molecular formula is C15H21NO4. The summed E-state index contributed by atoms with van der Waals surface area (Å²) in [6.07, 6.45) is 2.52. The molecule has 2 atom stereocenters. The quantitative estimate of drug-likeness (QED) is 0.861. The van der Waals surface area contributed by atoms with Crippen LogP contribution in [0.15, 0.2) is 18.2 Å². The Labute approximate surface area is 119 Å². The van der Waals surface area contributed by atoms with E-state index in [-0.39, 0.29) is 12.1 Å². The van der Waals surface area contributed by atoms with Gasteiger partial charge >= 0.3 is 0 Å². The van der Waals surface area contributed by atoms with Crippen molar-refractivity contribution >= 4 is 0 Å². The largest absolute Gasteiger partial charge is 0.454 e. The van der Waals surface area contributed by atoms with E-state index in [0.29, 0.717) is 20.0 Å².